The van der Waals surface area contributed by atoms with E-state index in [0.29, 0.717) is 18.0 Å². The number of nitrogens with one attached hydrogen (secondary N) is 2. The summed E-state index contributed by atoms with van der Waals surface area (Å²) >= 11 is 0. The van der Waals surface area contributed by atoms with Crippen LogP contribution in [0.1, 0.15) is 47.0 Å². The predicted octanol–water partition coefficient (Wildman–Crippen LogP) is 1.61. The second-order valence-corrected chi connectivity index (χ2v) is 6.40. The van der Waals surface area contributed by atoms with Crippen LogP contribution in [0, 0.1) is 5.92 Å². The molecule has 1 saturated heterocycles. The SMILES string of the molecule is CC(C)N[C@@H](C(=O)NCCC1CCCN1C)C(C)C. The van der Waals surface area contributed by atoms with E-state index in [4.69, 9.17) is 0 Å². The van der Waals surface area contributed by atoms with E-state index < -0.39 is 0 Å². The molecule has 1 unspecified atom stereocenters. The Bertz CT molecular complexity index is 279. The molecule has 4 nitrogen and oxygen atoms in total. The molecule has 1 rings (SSSR count). The van der Waals surface area contributed by atoms with Gasteiger partial charge in [0.25, 0.3) is 0 Å². The van der Waals surface area contributed by atoms with Crippen molar-refractivity contribution >= 4 is 5.91 Å². The molecule has 4 heteroatoms. The summed E-state index contributed by atoms with van der Waals surface area (Å²) in [5.74, 6) is 0.459. The summed E-state index contributed by atoms with van der Waals surface area (Å²) in [6.07, 6.45) is 3.62. The van der Waals surface area contributed by atoms with Crippen molar-refractivity contribution in [3.05, 3.63) is 0 Å². The normalized spacial score (nSPS) is 22.2. The van der Waals surface area contributed by atoms with Crippen molar-refractivity contribution in [3.63, 3.8) is 0 Å². The van der Waals surface area contributed by atoms with E-state index in [1.807, 2.05) is 0 Å². The molecule has 1 fully saturated rings. The van der Waals surface area contributed by atoms with Crippen molar-refractivity contribution < 1.29 is 4.79 Å². The summed E-state index contributed by atoms with van der Waals surface area (Å²) < 4.78 is 0. The van der Waals surface area contributed by atoms with Crippen LogP contribution in [0.2, 0.25) is 0 Å². The summed E-state index contributed by atoms with van der Waals surface area (Å²) in [6.45, 7) is 10.3. The van der Waals surface area contributed by atoms with Gasteiger partial charge in [0.1, 0.15) is 0 Å². The Balaban J connectivity index is 2.31. The van der Waals surface area contributed by atoms with E-state index in [0.717, 1.165) is 13.0 Å². The number of nitrogens with zero attached hydrogens (tertiary/aromatic N) is 1. The molecular formula is C15H31N3O. The highest BCUT2D eigenvalue weighted by atomic mass is 16.2. The van der Waals surface area contributed by atoms with Gasteiger partial charge in [-0.3, -0.25) is 4.79 Å². The highest BCUT2D eigenvalue weighted by molar-refractivity contribution is 5.82. The van der Waals surface area contributed by atoms with Gasteiger partial charge in [0, 0.05) is 18.6 Å². The fourth-order valence-electron chi connectivity index (χ4n) is 2.75. The Labute approximate surface area is 118 Å². The van der Waals surface area contributed by atoms with Gasteiger partial charge >= 0.3 is 0 Å². The molecule has 0 aromatic rings. The molecule has 0 aromatic carbocycles. The molecule has 112 valence electrons. The van der Waals surface area contributed by atoms with Gasteiger partial charge in [-0.15, -0.1) is 0 Å². The van der Waals surface area contributed by atoms with E-state index in [1.165, 1.54) is 19.4 Å². The number of amides is 1. The number of carbonyl (C=O) groups excluding carboxylic acids is 1. The van der Waals surface area contributed by atoms with Crippen molar-refractivity contribution in [2.45, 2.75) is 65.1 Å². The highest BCUT2D eigenvalue weighted by Crippen LogP contribution is 2.17. The van der Waals surface area contributed by atoms with Crippen LogP contribution in [0.5, 0.6) is 0 Å². The van der Waals surface area contributed by atoms with Crippen LogP contribution in [-0.4, -0.2) is 49.1 Å². The lowest BCUT2D eigenvalue weighted by molar-refractivity contribution is -0.124. The Morgan fingerprint density at radius 3 is 2.47 bits per heavy atom. The van der Waals surface area contributed by atoms with Crippen LogP contribution in [0.4, 0.5) is 0 Å². The predicted molar refractivity (Wildman–Crippen MR) is 80.2 cm³/mol. The van der Waals surface area contributed by atoms with E-state index in [1.54, 1.807) is 0 Å². The fourth-order valence-corrected chi connectivity index (χ4v) is 2.75. The number of hydrogen-bond acceptors (Lipinski definition) is 3. The number of carbonyl (C=O) groups is 1. The quantitative estimate of drug-likeness (QED) is 0.738. The molecule has 0 aliphatic carbocycles. The van der Waals surface area contributed by atoms with E-state index in [2.05, 4.69) is 50.3 Å². The lowest BCUT2D eigenvalue weighted by Crippen LogP contribution is -2.50. The van der Waals surface area contributed by atoms with Crippen molar-refractivity contribution in [3.8, 4) is 0 Å². The van der Waals surface area contributed by atoms with Gasteiger partial charge in [0.2, 0.25) is 5.91 Å². The number of rotatable bonds is 7. The van der Waals surface area contributed by atoms with E-state index in [-0.39, 0.29) is 11.9 Å². The third-order valence-electron chi connectivity index (χ3n) is 3.91. The minimum Gasteiger partial charge on any atom is -0.355 e. The first-order chi connectivity index (χ1) is 8.91. The molecule has 2 atom stereocenters. The molecule has 0 aromatic heterocycles. The third kappa shape index (κ3) is 5.49. The first kappa shape index (κ1) is 16.4. The van der Waals surface area contributed by atoms with Gasteiger partial charge < -0.3 is 15.5 Å². The zero-order valence-electron chi connectivity index (χ0n) is 13.2. The molecule has 1 aliphatic rings. The molecule has 1 aliphatic heterocycles. The van der Waals surface area contributed by atoms with Gasteiger partial charge in [0.15, 0.2) is 0 Å². The van der Waals surface area contributed by atoms with Crippen molar-refractivity contribution in [2.24, 2.45) is 5.92 Å². The number of likely N-dealkylation sites (tertiary alicyclic amines) is 1. The standard InChI is InChI=1S/C15H31N3O/c1-11(2)14(17-12(3)4)15(19)16-9-8-13-7-6-10-18(13)5/h11-14,17H,6-10H2,1-5H3,(H,16,19)/t13?,14-/m1/s1. The molecule has 1 heterocycles. The fraction of sp³-hybridized carbons (Fsp3) is 0.933. The molecule has 0 bridgehead atoms. The zero-order valence-corrected chi connectivity index (χ0v) is 13.2. The van der Waals surface area contributed by atoms with Gasteiger partial charge in [-0.25, -0.2) is 0 Å². The molecule has 0 spiro atoms. The van der Waals surface area contributed by atoms with Gasteiger partial charge in [-0.2, -0.15) is 0 Å². The lowest BCUT2D eigenvalue weighted by Gasteiger charge is -2.25. The summed E-state index contributed by atoms with van der Waals surface area (Å²) in [5.41, 5.74) is 0. The average Bonchev–Trinajstić information content (AvgIpc) is 2.71. The maximum atomic E-state index is 12.2. The minimum atomic E-state index is -0.0821. The zero-order chi connectivity index (χ0) is 14.4. The maximum Gasteiger partial charge on any atom is 0.237 e. The Kier molecular flexibility index (Phi) is 6.80. The summed E-state index contributed by atoms with van der Waals surface area (Å²) in [7, 11) is 2.18. The van der Waals surface area contributed by atoms with Gasteiger partial charge in [-0.05, 0) is 38.8 Å². The van der Waals surface area contributed by atoms with Gasteiger partial charge in [-0.1, -0.05) is 27.7 Å². The van der Waals surface area contributed by atoms with Crippen LogP contribution < -0.4 is 10.6 Å². The topological polar surface area (TPSA) is 44.4 Å². The van der Waals surface area contributed by atoms with Crippen LogP contribution in [-0.2, 0) is 4.79 Å². The van der Waals surface area contributed by atoms with E-state index in [9.17, 15) is 4.79 Å². The van der Waals surface area contributed by atoms with E-state index >= 15 is 0 Å². The first-order valence-corrected chi connectivity index (χ1v) is 7.65. The summed E-state index contributed by atoms with van der Waals surface area (Å²) in [4.78, 5) is 14.6. The summed E-state index contributed by atoms with van der Waals surface area (Å²) in [5, 5.41) is 6.43. The highest BCUT2D eigenvalue weighted by Gasteiger charge is 2.24. The minimum absolute atomic E-state index is 0.0821. The largest absolute Gasteiger partial charge is 0.355 e. The average molecular weight is 269 g/mol. The molecule has 0 radical (unpaired) electrons. The third-order valence-corrected chi connectivity index (χ3v) is 3.91. The molecule has 19 heavy (non-hydrogen) atoms. The summed E-state index contributed by atoms with van der Waals surface area (Å²) in [6, 6.07) is 0.899. The Morgan fingerprint density at radius 1 is 1.32 bits per heavy atom. The molecule has 0 saturated carbocycles. The molecular weight excluding hydrogens is 238 g/mol. The van der Waals surface area contributed by atoms with Crippen LogP contribution in [0.3, 0.4) is 0 Å². The number of hydrogen-bond donors (Lipinski definition) is 2. The second kappa shape index (κ2) is 7.85. The second-order valence-electron chi connectivity index (χ2n) is 6.40. The Morgan fingerprint density at radius 2 is 2.00 bits per heavy atom. The van der Waals surface area contributed by atoms with Crippen molar-refractivity contribution in [1.82, 2.24) is 15.5 Å². The molecule has 1 amide bonds. The van der Waals surface area contributed by atoms with Gasteiger partial charge in [0.05, 0.1) is 6.04 Å². The van der Waals surface area contributed by atoms with Crippen LogP contribution in [0.15, 0.2) is 0 Å². The smallest absolute Gasteiger partial charge is 0.237 e. The molecule has 2 N–H and O–H groups in total. The van der Waals surface area contributed by atoms with Crippen LogP contribution in [0.25, 0.3) is 0 Å². The lowest BCUT2D eigenvalue weighted by atomic mass is 10.0. The maximum absolute atomic E-state index is 12.2. The van der Waals surface area contributed by atoms with Crippen molar-refractivity contribution in [1.29, 1.82) is 0 Å². The van der Waals surface area contributed by atoms with Crippen LogP contribution >= 0.6 is 0 Å². The monoisotopic (exact) mass is 269 g/mol. The Hall–Kier alpha value is -0.610. The first-order valence-electron chi connectivity index (χ1n) is 7.65. The van der Waals surface area contributed by atoms with Crippen molar-refractivity contribution in [2.75, 3.05) is 20.1 Å².